The van der Waals surface area contributed by atoms with E-state index >= 15 is 0 Å². The van der Waals surface area contributed by atoms with Crippen LogP contribution in [0.25, 0.3) is 0 Å². The second-order valence-electron chi connectivity index (χ2n) is 4.37. The number of hydrogen-bond acceptors (Lipinski definition) is 1. The molecule has 112 valence electrons. The predicted octanol–water partition coefficient (Wildman–Crippen LogP) is 4.16. The number of halogens is 2. The van der Waals surface area contributed by atoms with Crippen LogP contribution in [0.5, 0.6) is 5.75 Å². The van der Waals surface area contributed by atoms with Gasteiger partial charge in [0.15, 0.2) is 0 Å². The van der Waals surface area contributed by atoms with E-state index in [0.29, 0.717) is 0 Å². The molecule has 0 spiro atoms. The van der Waals surface area contributed by atoms with Gasteiger partial charge in [-0.05, 0) is 0 Å². The Morgan fingerprint density at radius 2 is 1.62 bits per heavy atom. The van der Waals surface area contributed by atoms with Gasteiger partial charge in [0.2, 0.25) is 0 Å². The molecule has 5 heteroatoms. The summed E-state index contributed by atoms with van der Waals surface area (Å²) in [6.45, 7) is 0. The van der Waals surface area contributed by atoms with E-state index in [2.05, 4.69) is 16.9 Å². The minimum atomic E-state index is -1.83. The zero-order chi connectivity index (χ0) is 15.2. The third kappa shape index (κ3) is 4.74. The van der Waals surface area contributed by atoms with E-state index in [1.807, 2.05) is 54.1 Å². The summed E-state index contributed by atoms with van der Waals surface area (Å²) < 4.78 is 9.19. The fraction of sp³-hybridized carbons (Fsp3) is 0.125. The average Bonchev–Trinajstić information content (AvgIpc) is 2.49. The molecule has 0 aliphatic carbocycles. The van der Waals surface area contributed by atoms with Crippen LogP contribution in [-0.4, -0.2) is 29.6 Å². The second kappa shape index (κ2) is 7.84. The van der Waals surface area contributed by atoms with E-state index in [1.165, 1.54) is 0 Å². The Morgan fingerprint density at radius 1 is 1.00 bits per heavy atom. The van der Waals surface area contributed by atoms with Crippen LogP contribution in [0.3, 0.4) is 0 Å². The number of hydrogen-bond donors (Lipinski definition) is 0. The first-order valence-electron chi connectivity index (χ1n) is 6.24. The summed E-state index contributed by atoms with van der Waals surface area (Å²) in [5.74, 6) is 0.846. The summed E-state index contributed by atoms with van der Waals surface area (Å²) in [5, 5.41) is 0. The van der Waals surface area contributed by atoms with E-state index in [9.17, 15) is 0 Å². The number of rotatable bonds is 4. The van der Waals surface area contributed by atoms with Gasteiger partial charge in [-0.1, -0.05) is 0 Å². The Hall–Kier alpha value is -1.02. The van der Waals surface area contributed by atoms with Crippen molar-refractivity contribution >= 4 is 35.9 Å². The third-order valence-corrected chi connectivity index (χ3v) is 4.83. The topological polar surface area (TPSA) is 12.2 Å². The first-order valence-corrected chi connectivity index (χ1v) is 11.7. The molecule has 0 saturated carbocycles. The summed E-state index contributed by atoms with van der Waals surface area (Å²) in [4.78, 5) is 0. The molecule has 0 unspecified atom stereocenters. The monoisotopic (exact) mass is 410 g/mol. The first-order chi connectivity index (χ1) is 10.1. The molecule has 0 radical (unpaired) electrons. The van der Waals surface area contributed by atoms with Crippen LogP contribution in [0, 0.1) is 0 Å². The van der Waals surface area contributed by atoms with Crippen molar-refractivity contribution in [3.05, 3.63) is 59.7 Å². The fourth-order valence-corrected chi connectivity index (χ4v) is 3.75. The Labute approximate surface area is 138 Å². The van der Waals surface area contributed by atoms with Crippen LogP contribution in [-0.2, 0) is 13.5 Å². The zero-order valence-corrected chi connectivity index (χ0v) is 15.0. The van der Waals surface area contributed by atoms with Gasteiger partial charge in [-0.3, -0.25) is 0 Å². The molecule has 0 N–H and O–H groups in total. The van der Waals surface area contributed by atoms with Gasteiger partial charge in [-0.25, -0.2) is 0 Å². The van der Waals surface area contributed by atoms with Gasteiger partial charge in [0.1, 0.15) is 0 Å². The molecular formula is C16H16Cl2NORu+. The predicted molar refractivity (Wildman–Crippen MR) is 87.3 cm³/mol. The molecule has 0 aliphatic rings. The number of nitrogens with zero attached hydrogens (tertiary/aromatic N) is 1. The molecule has 0 saturated heterocycles. The molecular weight excluding hydrogens is 394 g/mol. The van der Waals surface area contributed by atoms with Crippen molar-refractivity contribution in [2.45, 2.75) is 0 Å². The van der Waals surface area contributed by atoms with Crippen LogP contribution in [0.1, 0.15) is 11.1 Å². The summed E-state index contributed by atoms with van der Waals surface area (Å²) in [6.07, 6.45) is 2.07. The van der Waals surface area contributed by atoms with Crippen molar-refractivity contribution in [3.63, 3.8) is 0 Å². The molecule has 0 atom stereocenters. The van der Waals surface area contributed by atoms with Crippen molar-refractivity contribution in [3.8, 4) is 5.75 Å². The van der Waals surface area contributed by atoms with Gasteiger partial charge < -0.3 is 0 Å². The summed E-state index contributed by atoms with van der Waals surface area (Å²) in [7, 11) is 15.6. The Balaban J connectivity index is 2.36. The summed E-state index contributed by atoms with van der Waals surface area (Å²) >= 11 is -1.83. The number of methoxy groups -OCH3 is 1. The van der Waals surface area contributed by atoms with Crippen LogP contribution >= 0.6 is 19.4 Å². The van der Waals surface area contributed by atoms with Crippen molar-refractivity contribution in [2.75, 3.05) is 14.2 Å². The van der Waals surface area contributed by atoms with E-state index in [1.54, 1.807) is 7.11 Å². The Bertz CT molecular complexity index is 677. The van der Waals surface area contributed by atoms with E-state index in [4.69, 9.17) is 24.1 Å². The Morgan fingerprint density at radius 3 is 2.19 bits per heavy atom. The maximum atomic E-state index is 5.98. The van der Waals surface area contributed by atoms with Gasteiger partial charge in [-0.2, -0.15) is 0 Å². The molecule has 21 heavy (non-hydrogen) atoms. The van der Waals surface area contributed by atoms with Crippen molar-refractivity contribution in [2.24, 2.45) is 0 Å². The van der Waals surface area contributed by atoms with E-state index in [-0.39, 0.29) is 0 Å². The zero-order valence-electron chi connectivity index (χ0n) is 11.7. The first kappa shape index (κ1) is 16.4. The van der Waals surface area contributed by atoms with Crippen molar-refractivity contribution in [1.82, 2.24) is 0 Å². The van der Waals surface area contributed by atoms with Gasteiger partial charge >= 0.3 is 138 Å². The maximum absolute atomic E-state index is 5.98. The minimum absolute atomic E-state index is 0.846. The molecule has 0 heterocycles. The van der Waals surface area contributed by atoms with Crippen LogP contribution in [0.2, 0.25) is 0 Å². The molecule has 2 aromatic carbocycles. The van der Waals surface area contributed by atoms with Crippen molar-refractivity contribution < 1.29 is 22.8 Å². The molecule has 0 bridgehead atoms. The normalized spacial score (nSPS) is 12.0. The van der Waals surface area contributed by atoms with Gasteiger partial charge in [-0.15, -0.1) is 0 Å². The molecule has 2 rings (SSSR count). The third-order valence-electron chi connectivity index (χ3n) is 3.00. The van der Waals surface area contributed by atoms with Crippen molar-refractivity contribution in [1.29, 1.82) is 0 Å². The summed E-state index contributed by atoms with van der Waals surface area (Å²) in [6, 6.07) is 16.0. The van der Waals surface area contributed by atoms with E-state index in [0.717, 1.165) is 22.6 Å². The molecule has 2 nitrogen and oxygen atoms in total. The summed E-state index contributed by atoms with van der Waals surface area (Å²) in [5.41, 5.74) is 3.24. The molecule has 2 aromatic rings. The number of benzene rings is 2. The van der Waals surface area contributed by atoms with Gasteiger partial charge in [0, 0.05) is 0 Å². The second-order valence-corrected chi connectivity index (χ2v) is 10.1. The average molecular weight is 410 g/mol. The van der Waals surface area contributed by atoms with Gasteiger partial charge in [0.25, 0.3) is 0 Å². The van der Waals surface area contributed by atoms with Crippen LogP contribution < -0.4 is 4.74 Å². The quantitative estimate of drug-likeness (QED) is 0.419. The number of ether oxygens (including phenoxy) is 1. The standard InChI is InChI=1S/C16H16NO.2ClH.Ru/c1-13-6-4-5-7-14(13)12-17(2)15-8-10-16(18-3)11-9-15;;;/h1,4-12H,2-3H3;2*1H;/q+1;;;+2/p-2. The Kier molecular flexibility index (Phi) is 6.11. The fourth-order valence-electron chi connectivity index (χ4n) is 1.91. The van der Waals surface area contributed by atoms with Crippen LogP contribution in [0.15, 0.2) is 48.5 Å². The molecule has 0 aromatic heterocycles. The molecule has 0 aliphatic heterocycles. The van der Waals surface area contributed by atoms with E-state index < -0.39 is 13.5 Å². The van der Waals surface area contributed by atoms with Crippen LogP contribution in [0.4, 0.5) is 5.69 Å². The SMILES string of the molecule is COc1ccc([N+](C)=Cc2ccccc2[CH]=[Ru]([Cl])[Cl])cc1. The van der Waals surface area contributed by atoms with Gasteiger partial charge in [0.05, 0.1) is 0 Å². The molecule has 0 fully saturated rings. The molecule has 0 amide bonds.